The number of ether oxygens (including phenoxy) is 1. The lowest BCUT2D eigenvalue weighted by Gasteiger charge is -2.07. The molecule has 0 aliphatic carbocycles. The molecular weight excluding hydrogens is 396 g/mol. The highest BCUT2D eigenvalue weighted by molar-refractivity contribution is 7.20. The van der Waals surface area contributed by atoms with Gasteiger partial charge < -0.3 is 10.1 Å². The van der Waals surface area contributed by atoms with Crippen molar-refractivity contribution in [2.75, 3.05) is 11.9 Å². The Labute approximate surface area is 177 Å². The van der Waals surface area contributed by atoms with Gasteiger partial charge in [-0.25, -0.2) is 14.8 Å². The maximum absolute atomic E-state index is 12.7. The van der Waals surface area contributed by atoms with Gasteiger partial charge in [-0.3, -0.25) is 0 Å². The molecule has 1 N–H and O–H groups in total. The molecule has 0 atom stereocenters. The number of fused-ring (bicyclic) bond motifs is 1. The van der Waals surface area contributed by atoms with Crippen LogP contribution in [0.1, 0.15) is 26.4 Å². The molecule has 4 rings (SSSR count). The second kappa shape index (κ2) is 8.72. The lowest BCUT2D eigenvalue weighted by molar-refractivity contribution is 0.0514. The summed E-state index contributed by atoms with van der Waals surface area (Å²) in [7, 11) is 0. The topological polar surface area (TPSA) is 87.9 Å². The summed E-state index contributed by atoms with van der Waals surface area (Å²) >= 11 is 1.29. The Morgan fingerprint density at radius 1 is 1.17 bits per heavy atom. The van der Waals surface area contributed by atoms with Crippen molar-refractivity contribution in [3.8, 4) is 6.07 Å². The fourth-order valence-electron chi connectivity index (χ4n) is 3.14. The molecule has 0 bridgehead atoms. The van der Waals surface area contributed by atoms with E-state index in [0.717, 1.165) is 22.2 Å². The average Bonchev–Trinajstić information content (AvgIpc) is 3.12. The number of esters is 1. The maximum Gasteiger partial charge on any atom is 0.348 e. The molecule has 148 valence electrons. The molecule has 0 spiro atoms. The highest BCUT2D eigenvalue weighted by Gasteiger charge is 2.20. The first kappa shape index (κ1) is 19.6. The average molecular weight is 414 g/mol. The molecule has 7 heteroatoms. The predicted molar refractivity (Wildman–Crippen MR) is 117 cm³/mol. The van der Waals surface area contributed by atoms with Crippen LogP contribution in [0.3, 0.4) is 0 Å². The third kappa shape index (κ3) is 4.14. The molecule has 0 aliphatic heterocycles. The van der Waals surface area contributed by atoms with Crippen LogP contribution in [0.2, 0.25) is 0 Å². The van der Waals surface area contributed by atoms with Crippen LogP contribution in [-0.4, -0.2) is 22.5 Å². The molecular formula is C23H18N4O2S. The van der Waals surface area contributed by atoms with Gasteiger partial charge in [-0.1, -0.05) is 36.4 Å². The number of benzene rings is 2. The fourth-order valence-corrected chi connectivity index (χ4v) is 4.18. The van der Waals surface area contributed by atoms with Crippen molar-refractivity contribution in [2.24, 2.45) is 0 Å². The third-order valence-corrected chi connectivity index (χ3v) is 5.81. The quantitative estimate of drug-likeness (QED) is 0.446. The maximum atomic E-state index is 12.7. The van der Waals surface area contributed by atoms with E-state index in [0.29, 0.717) is 34.1 Å². The first-order valence-corrected chi connectivity index (χ1v) is 10.2. The molecule has 30 heavy (non-hydrogen) atoms. The molecule has 0 unspecified atom stereocenters. The number of carbonyl (C=O) groups excluding carboxylic acids is 1. The lowest BCUT2D eigenvalue weighted by atomic mass is 10.1. The van der Waals surface area contributed by atoms with Crippen LogP contribution in [0.15, 0.2) is 60.9 Å². The van der Waals surface area contributed by atoms with Crippen LogP contribution in [-0.2, 0) is 11.2 Å². The van der Waals surface area contributed by atoms with E-state index >= 15 is 0 Å². The van der Waals surface area contributed by atoms with Crippen LogP contribution in [0.4, 0.5) is 11.5 Å². The second-order valence-corrected chi connectivity index (χ2v) is 7.65. The normalized spacial score (nSPS) is 10.5. The summed E-state index contributed by atoms with van der Waals surface area (Å²) in [6.07, 6.45) is 2.12. The molecule has 0 fully saturated rings. The van der Waals surface area contributed by atoms with E-state index in [9.17, 15) is 4.79 Å². The Kier molecular flexibility index (Phi) is 5.68. The zero-order chi connectivity index (χ0) is 20.9. The van der Waals surface area contributed by atoms with Crippen LogP contribution >= 0.6 is 11.3 Å². The molecule has 2 aromatic carbocycles. The van der Waals surface area contributed by atoms with Gasteiger partial charge in [-0.2, -0.15) is 5.26 Å². The Bertz CT molecular complexity index is 1250. The number of aryl methyl sites for hydroxylation is 1. The standard InChI is InChI=1S/C23H18N4O2S/c1-15-19-21(27-18-9-5-8-17(12-18)13-24)25-14-26-22(19)30-20(15)23(28)29-11-10-16-6-3-2-4-7-16/h2-9,12,14H,10-11H2,1H3,(H,25,26,27). The van der Waals surface area contributed by atoms with Crippen molar-refractivity contribution in [3.63, 3.8) is 0 Å². The minimum absolute atomic E-state index is 0.314. The number of nitrogens with zero attached hydrogens (tertiary/aromatic N) is 3. The summed E-state index contributed by atoms with van der Waals surface area (Å²) in [5.41, 5.74) is 3.19. The number of rotatable bonds is 6. The zero-order valence-corrected chi connectivity index (χ0v) is 17.1. The number of aromatic nitrogens is 2. The molecule has 4 aromatic rings. The number of nitrogens with one attached hydrogen (secondary N) is 1. The van der Waals surface area contributed by atoms with Gasteiger partial charge in [0, 0.05) is 12.1 Å². The predicted octanol–water partition coefficient (Wildman–Crippen LogP) is 5.01. The third-order valence-electron chi connectivity index (χ3n) is 4.63. The Morgan fingerprint density at radius 2 is 2.00 bits per heavy atom. The van der Waals surface area contributed by atoms with Gasteiger partial charge in [-0.05, 0) is 36.2 Å². The Morgan fingerprint density at radius 3 is 2.80 bits per heavy atom. The summed E-state index contributed by atoms with van der Waals surface area (Å²) < 4.78 is 5.50. The van der Waals surface area contributed by atoms with Crippen molar-refractivity contribution < 1.29 is 9.53 Å². The van der Waals surface area contributed by atoms with Crippen molar-refractivity contribution in [2.45, 2.75) is 13.3 Å². The molecule has 2 aromatic heterocycles. The monoisotopic (exact) mass is 414 g/mol. The first-order valence-electron chi connectivity index (χ1n) is 9.38. The van der Waals surface area contributed by atoms with Gasteiger partial charge in [0.1, 0.15) is 21.9 Å². The number of hydrogen-bond acceptors (Lipinski definition) is 7. The summed E-state index contributed by atoms with van der Waals surface area (Å²) in [6, 6.07) is 19.2. The van der Waals surface area contributed by atoms with Crippen molar-refractivity contribution in [1.29, 1.82) is 5.26 Å². The number of anilines is 2. The van der Waals surface area contributed by atoms with Gasteiger partial charge in [0.2, 0.25) is 0 Å². The highest BCUT2D eigenvalue weighted by Crippen LogP contribution is 2.34. The fraction of sp³-hybridized carbons (Fsp3) is 0.130. The van der Waals surface area contributed by atoms with Crippen LogP contribution in [0.5, 0.6) is 0 Å². The highest BCUT2D eigenvalue weighted by atomic mass is 32.1. The second-order valence-electron chi connectivity index (χ2n) is 6.65. The Hall–Kier alpha value is -3.76. The van der Waals surface area contributed by atoms with Gasteiger partial charge in [0.05, 0.1) is 23.6 Å². The van der Waals surface area contributed by atoms with E-state index in [1.165, 1.54) is 17.7 Å². The SMILES string of the molecule is Cc1c(C(=O)OCCc2ccccc2)sc2ncnc(Nc3cccc(C#N)c3)c12. The molecule has 2 heterocycles. The van der Waals surface area contributed by atoms with E-state index in [2.05, 4.69) is 21.4 Å². The number of thiophene rings is 1. The van der Waals surface area contributed by atoms with E-state index in [-0.39, 0.29) is 5.97 Å². The molecule has 0 aliphatic rings. The van der Waals surface area contributed by atoms with Crippen LogP contribution in [0.25, 0.3) is 10.2 Å². The van der Waals surface area contributed by atoms with E-state index < -0.39 is 0 Å². The molecule has 0 radical (unpaired) electrons. The van der Waals surface area contributed by atoms with Crippen LogP contribution < -0.4 is 5.32 Å². The van der Waals surface area contributed by atoms with Gasteiger partial charge in [0.25, 0.3) is 0 Å². The molecule has 0 saturated heterocycles. The largest absolute Gasteiger partial charge is 0.461 e. The smallest absolute Gasteiger partial charge is 0.348 e. The van der Waals surface area contributed by atoms with Crippen molar-refractivity contribution >= 4 is 39.0 Å². The Balaban J connectivity index is 1.55. The number of nitriles is 1. The zero-order valence-electron chi connectivity index (χ0n) is 16.3. The van der Waals surface area contributed by atoms with Crippen molar-refractivity contribution in [3.05, 3.63) is 82.5 Å². The van der Waals surface area contributed by atoms with Gasteiger partial charge in [-0.15, -0.1) is 11.3 Å². The van der Waals surface area contributed by atoms with Gasteiger partial charge in [0.15, 0.2) is 0 Å². The number of hydrogen-bond donors (Lipinski definition) is 1. The van der Waals surface area contributed by atoms with E-state index in [1.54, 1.807) is 18.2 Å². The summed E-state index contributed by atoms with van der Waals surface area (Å²) in [5, 5.41) is 13.1. The summed E-state index contributed by atoms with van der Waals surface area (Å²) in [5.74, 6) is 0.232. The molecule has 6 nitrogen and oxygen atoms in total. The minimum atomic E-state index is -0.358. The van der Waals surface area contributed by atoms with E-state index in [1.807, 2.05) is 43.3 Å². The lowest BCUT2D eigenvalue weighted by Crippen LogP contribution is -2.07. The van der Waals surface area contributed by atoms with Crippen molar-refractivity contribution in [1.82, 2.24) is 9.97 Å². The number of carbonyl (C=O) groups is 1. The summed E-state index contributed by atoms with van der Waals surface area (Å²) in [4.78, 5) is 22.5. The first-order chi connectivity index (χ1) is 14.7. The summed E-state index contributed by atoms with van der Waals surface area (Å²) in [6.45, 7) is 2.18. The molecule has 0 saturated carbocycles. The van der Waals surface area contributed by atoms with E-state index in [4.69, 9.17) is 10.00 Å². The van der Waals surface area contributed by atoms with Gasteiger partial charge >= 0.3 is 5.97 Å². The van der Waals surface area contributed by atoms with Crippen LogP contribution in [0, 0.1) is 18.3 Å². The molecule has 0 amide bonds. The minimum Gasteiger partial charge on any atom is -0.461 e.